The summed E-state index contributed by atoms with van der Waals surface area (Å²) in [6.07, 6.45) is 8.31. The Bertz CT molecular complexity index is 702. The van der Waals surface area contributed by atoms with E-state index in [0.717, 1.165) is 12.8 Å². The first-order valence-electron chi connectivity index (χ1n) is 12.8. The van der Waals surface area contributed by atoms with Crippen LogP contribution in [0.5, 0.6) is 0 Å². The molecule has 2 saturated heterocycles. The maximum absolute atomic E-state index is 14.3. The number of fused-ring (bicyclic) bond motifs is 3. The lowest BCUT2D eigenvalue weighted by Crippen LogP contribution is -2.71. The average molecular weight is 470 g/mol. The predicted octanol–water partition coefficient (Wildman–Crippen LogP) is 3.07. The Balaban J connectivity index is 1.49. The standard InChI is InChI=1S/C25H40ClNO5/c1-13-11-17(28)15-9-10-16(14-7-5-4-6-8-14)27-23(15)25(13)24(29)20-18(30-2)12-19(31-3)21(26)22(20)32-25/h13-23,27-28H,4-12H2,1-3H3/t13-,15?,16?,17-,18?,19?,20?,21?,22?,23?,25+/m1/s1. The van der Waals surface area contributed by atoms with Crippen LogP contribution in [0.15, 0.2) is 0 Å². The van der Waals surface area contributed by atoms with E-state index < -0.39 is 23.2 Å². The van der Waals surface area contributed by atoms with E-state index in [4.69, 9.17) is 25.8 Å². The van der Waals surface area contributed by atoms with Crippen LogP contribution in [0.2, 0.25) is 0 Å². The summed E-state index contributed by atoms with van der Waals surface area (Å²) < 4.78 is 18.3. The fourth-order valence-corrected chi connectivity index (χ4v) is 8.35. The van der Waals surface area contributed by atoms with Gasteiger partial charge in [-0.25, -0.2) is 0 Å². The number of aliphatic hydroxyl groups is 1. The number of carbonyl (C=O) groups excluding carboxylic acids is 1. The number of piperidine rings is 1. The minimum Gasteiger partial charge on any atom is -0.393 e. The quantitative estimate of drug-likeness (QED) is 0.618. The Labute approximate surface area is 197 Å². The highest BCUT2D eigenvalue weighted by molar-refractivity contribution is 6.22. The third kappa shape index (κ3) is 3.51. The van der Waals surface area contributed by atoms with Crippen molar-refractivity contribution in [3.8, 4) is 0 Å². The second kappa shape index (κ2) is 9.09. The number of halogens is 1. The van der Waals surface area contributed by atoms with E-state index in [-0.39, 0.29) is 41.8 Å². The van der Waals surface area contributed by atoms with E-state index in [1.807, 2.05) is 0 Å². The smallest absolute Gasteiger partial charge is 0.174 e. The van der Waals surface area contributed by atoms with Crippen LogP contribution in [-0.4, -0.2) is 72.6 Å². The molecule has 0 bridgehead atoms. The molecule has 32 heavy (non-hydrogen) atoms. The normalized spacial score (nSPS) is 52.1. The number of rotatable bonds is 3. The largest absolute Gasteiger partial charge is 0.393 e. The Morgan fingerprint density at radius 3 is 2.47 bits per heavy atom. The van der Waals surface area contributed by atoms with Gasteiger partial charge in [0.15, 0.2) is 5.78 Å². The van der Waals surface area contributed by atoms with Gasteiger partial charge in [0.2, 0.25) is 0 Å². The summed E-state index contributed by atoms with van der Waals surface area (Å²) in [5.74, 6) is 0.338. The summed E-state index contributed by atoms with van der Waals surface area (Å²) in [7, 11) is 3.32. The molecule has 8 unspecified atom stereocenters. The zero-order valence-electron chi connectivity index (χ0n) is 19.7. The molecule has 0 amide bonds. The van der Waals surface area contributed by atoms with Crippen LogP contribution in [0.4, 0.5) is 0 Å². The van der Waals surface area contributed by atoms with Gasteiger partial charge in [-0.15, -0.1) is 11.6 Å². The molecule has 3 aliphatic carbocycles. The van der Waals surface area contributed by atoms with E-state index in [0.29, 0.717) is 24.8 Å². The van der Waals surface area contributed by atoms with Crippen LogP contribution in [0.3, 0.4) is 0 Å². The number of ketones is 1. The molecule has 182 valence electrons. The van der Waals surface area contributed by atoms with Crippen LogP contribution < -0.4 is 5.32 Å². The lowest BCUT2D eigenvalue weighted by molar-refractivity contribution is -0.181. The molecule has 3 saturated carbocycles. The maximum atomic E-state index is 14.3. The fraction of sp³-hybridized carbons (Fsp3) is 0.960. The molecule has 7 heteroatoms. The average Bonchev–Trinajstić information content (AvgIpc) is 3.13. The molecule has 5 rings (SSSR count). The van der Waals surface area contributed by atoms with Gasteiger partial charge < -0.3 is 24.6 Å². The summed E-state index contributed by atoms with van der Waals surface area (Å²) in [5, 5.41) is 14.5. The van der Waals surface area contributed by atoms with Crippen LogP contribution in [-0.2, 0) is 19.0 Å². The highest BCUT2D eigenvalue weighted by atomic mass is 35.5. The number of alkyl halides is 1. The number of carbonyl (C=O) groups is 1. The summed E-state index contributed by atoms with van der Waals surface area (Å²) in [6, 6.07) is 0.212. The molecule has 0 radical (unpaired) electrons. The highest BCUT2D eigenvalue weighted by Crippen LogP contribution is 2.54. The first-order chi connectivity index (χ1) is 15.4. The van der Waals surface area contributed by atoms with Crippen LogP contribution in [0.25, 0.3) is 0 Å². The van der Waals surface area contributed by atoms with E-state index >= 15 is 0 Å². The van der Waals surface area contributed by atoms with E-state index in [1.54, 1.807) is 14.2 Å². The molecular weight excluding hydrogens is 430 g/mol. The van der Waals surface area contributed by atoms with Crippen molar-refractivity contribution in [3.05, 3.63) is 0 Å². The van der Waals surface area contributed by atoms with Gasteiger partial charge in [-0.3, -0.25) is 4.79 Å². The van der Waals surface area contributed by atoms with Crippen molar-refractivity contribution in [2.75, 3.05) is 14.2 Å². The van der Waals surface area contributed by atoms with Gasteiger partial charge in [0.25, 0.3) is 0 Å². The molecule has 2 N–H and O–H groups in total. The lowest BCUT2D eigenvalue weighted by atomic mass is 9.60. The molecule has 5 fully saturated rings. The van der Waals surface area contributed by atoms with Crippen LogP contribution in [0.1, 0.15) is 64.7 Å². The summed E-state index contributed by atoms with van der Waals surface area (Å²) in [5.41, 5.74) is -0.959. The van der Waals surface area contributed by atoms with Crippen molar-refractivity contribution in [2.45, 2.75) is 112 Å². The predicted molar refractivity (Wildman–Crippen MR) is 122 cm³/mol. The van der Waals surface area contributed by atoms with Crippen molar-refractivity contribution in [3.63, 3.8) is 0 Å². The van der Waals surface area contributed by atoms with Crippen molar-refractivity contribution < 1.29 is 24.1 Å². The summed E-state index contributed by atoms with van der Waals surface area (Å²) >= 11 is 6.85. The van der Waals surface area contributed by atoms with Crippen molar-refractivity contribution in [1.82, 2.24) is 5.32 Å². The second-order valence-electron chi connectivity index (χ2n) is 11.1. The monoisotopic (exact) mass is 469 g/mol. The Hall–Kier alpha value is -0.240. The Morgan fingerprint density at radius 1 is 1.06 bits per heavy atom. The van der Waals surface area contributed by atoms with Crippen LogP contribution >= 0.6 is 11.6 Å². The second-order valence-corrected chi connectivity index (χ2v) is 11.6. The summed E-state index contributed by atoms with van der Waals surface area (Å²) in [6.45, 7) is 2.07. The molecule has 11 atom stereocenters. The molecule has 6 nitrogen and oxygen atoms in total. The number of hydrogen-bond donors (Lipinski definition) is 2. The van der Waals surface area contributed by atoms with E-state index in [2.05, 4.69) is 12.2 Å². The topological polar surface area (TPSA) is 77.0 Å². The van der Waals surface area contributed by atoms with E-state index in [9.17, 15) is 9.90 Å². The SMILES string of the molecule is COC1CC(OC)C2C(=O)[C@@]3(OC2C1Cl)C1NC(C2CCCCC2)CCC1[C@H](O)C[C@H]3C. The first kappa shape index (κ1) is 23.5. The lowest BCUT2D eigenvalue weighted by Gasteiger charge is -2.55. The van der Waals surface area contributed by atoms with Crippen molar-refractivity contribution in [2.24, 2.45) is 23.7 Å². The minimum atomic E-state index is -0.959. The maximum Gasteiger partial charge on any atom is 0.174 e. The minimum absolute atomic E-state index is 0.0307. The van der Waals surface area contributed by atoms with Gasteiger partial charge in [-0.05, 0) is 43.9 Å². The molecule has 5 aliphatic rings. The number of nitrogens with one attached hydrogen (secondary N) is 1. The molecular formula is C25H40ClNO5. The Morgan fingerprint density at radius 2 is 1.78 bits per heavy atom. The van der Waals surface area contributed by atoms with E-state index in [1.165, 1.54) is 32.1 Å². The molecule has 2 aliphatic heterocycles. The fourth-order valence-electron chi connectivity index (χ4n) is 7.94. The number of ether oxygens (including phenoxy) is 3. The van der Waals surface area contributed by atoms with Crippen LogP contribution in [0, 0.1) is 23.7 Å². The Kier molecular flexibility index (Phi) is 6.67. The van der Waals surface area contributed by atoms with Gasteiger partial charge in [-0.1, -0.05) is 26.2 Å². The van der Waals surface area contributed by atoms with Gasteiger partial charge >= 0.3 is 0 Å². The summed E-state index contributed by atoms with van der Waals surface area (Å²) in [4.78, 5) is 14.3. The molecule has 0 aromatic rings. The first-order valence-corrected chi connectivity index (χ1v) is 13.2. The van der Waals surface area contributed by atoms with Crippen molar-refractivity contribution in [1.29, 1.82) is 0 Å². The number of Topliss-reactive ketones (excluding diaryl/α,β-unsaturated/α-hetero) is 1. The molecule has 0 aromatic heterocycles. The number of aliphatic hydroxyl groups excluding tert-OH is 1. The highest BCUT2D eigenvalue weighted by Gasteiger charge is 2.69. The van der Waals surface area contributed by atoms with Crippen molar-refractivity contribution >= 4 is 17.4 Å². The van der Waals surface area contributed by atoms with Gasteiger partial charge in [0.1, 0.15) is 5.60 Å². The molecule has 2 heterocycles. The zero-order chi connectivity index (χ0) is 22.6. The molecule has 0 aromatic carbocycles. The number of hydrogen-bond acceptors (Lipinski definition) is 6. The van der Waals surface area contributed by atoms with Gasteiger partial charge in [0, 0.05) is 38.6 Å². The van der Waals surface area contributed by atoms with Gasteiger partial charge in [-0.2, -0.15) is 0 Å². The number of methoxy groups -OCH3 is 2. The van der Waals surface area contributed by atoms with Gasteiger partial charge in [0.05, 0.1) is 35.7 Å². The third-order valence-electron chi connectivity index (χ3n) is 9.65. The molecule has 1 spiro atoms. The zero-order valence-corrected chi connectivity index (χ0v) is 20.4. The third-order valence-corrected chi connectivity index (χ3v) is 10.2.